The number of benzene rings is 1. The van der Waals surface area contributed by atoms with Gasteiger partial charge in [0.2, 0.25) is 5.91 Å². The number of aryl methyl sites for hydroxylation is 1. The molecule has 1 aliphatic heterocycles. The third kappa shape index (κ3) is 3.24. The SMILES string of the molecule is Cc1cccc(N2CCCN(CCC(N)=O)C2=O)c1. The van der Waals surface area contributed by atoms with Gasteiger partial charge in [0.1, 0.15) is 0 Å². The maximum atomic E-state index is 12.3. The first kappa shape index (κ1) is 13.4. The predicted molar refractivity (Wildman–Crippen MR) is 73.9 cm³/mol. The van der Waals surface area contributed by atoms with Crippen LogP contribution in [-0.4, -0.2) is 36.5 Å². The second-order valence-corrected chi connectivity index (χ2v) is 4.83. The lowest BCUT2D eigenvalue weighted by Gasteiger charge is -2.35. The van der Waals surface area contributed by atoms with E-state index in [9.17, 15) is 9.59 Å². The van der Waals surface area contributed by atoms with Crippen LogP contribution in [-0.2, 0) is 4.79 Å². The first-order chi connectivity index (χ1) is 9.08. The maximum Gasteiger partial charge on any atom is 0.324 e. The average Bonchev–Trinajstić information content (AvgIpc) is 2.37. The fourth-order valence-corrected chi connectivity index (χ4v) is 2.27. The number of nitrogens with zero attached hydrogens (tertiary/aromatic N) is 2. The molecule has 5 heteroatoms. The topological polar surface area (TPSA) is 66.6 Å². The van der Waals surface area contributed by atoms with Crippen LogP contribution in [0.15, 0.2) is 24.3 Å². The lowest BCUT2D eigenvalue weighted by molar-refractivity contribution is -0.118. The minimum atomic E-state index is -0.375. The number of hydrogen-bond acceptors (Lipinski definition) is 2. The molecule has 1 fully saturated rings. The highest BCUT2D eigenvalue weighted by Crippen LogP contribution is 2.21. The van der Waals surface area contributed by atoms with Crippen molar-refractivity contribution in [1.82, 2.24) is 4.90 Å². The Morgan fingerprint density at radius 1 is 1.37 bits per heavy atom. The summed E-state index contributed by atoms with van der Waals surface area (Å²) in [5, 5.41) is 0. The molecule has 0 aliphatic carbocycles. The molecule has 0 spiro atoms. The summed E-state index contributed by atoms with van der Waals surface area (Å²) in [4.78, 5) is 26.6. The van der Waals surface area contributed by atoms with Crippen LogP contribution in [0.5, 0.6) is 0 Å². The summed E-state index contributed by atoms with van der Waals surface area (Å²) in [6.07, 6.45) is 1.12. The summed E-state index contributed by atoms with van der Waals surface area (Å²) >= 11 is 0. The molecule has 0 saturated carbocycles. The molecule has 1 heterocycles. The molecule has 1 saturated heterocycles. The Balaban J connectivity index is 2.09. The van der Waals surface area contributed by atoms with Gasteiger partial charge in [0.15, 0.2) is 0 Å². The Morgan fingerprint density at radius 3 is 2.84 bits per heavy atom. The highest BCUT2D eigenvalue weighted by Gasteiger charge is 2.26. The summed E-state index contributed by atoms with van der Waals surface area (Å²) in [6.45, 7) is 3.81. The zero-order valence-corrected chi connectivity index (χ0v) is 11.1. The van der Waals surface area contributed by atoms with Crippen LogP contribution in [0.3, 0.4) is 0 Å². The van der Waals surface area contributed by atoms with Gasteiger partial charge in [-0.3, -0.25) is 9.69 Å². The maximum absolute atomic E-state index is 12.3. The molecule has 2 N–H and O–H groups in total. The fourth-order valence-electron chi connectivity index (χ4n) is 2.27. The number of amides is 3. The number of primary amides is 1. The fraction of sp³-hybridized carbons (Fsp3) is 0.429. The lowest BCUT2D eigenvalue weighted by Crippen LogP contribution is -2.50. The van der Waals surface area contributed by atoms with Gasteiger partial charge in [-0.05, 0) is 31.0 Å². The van der Waals surface area contributed by atoms with E-state index < -0.39 is 0 Å². The van der Waals surface area contributed by atoms with Crippen LogP contribution in [0.25, 0.3) is 0 Å². The smallest absolute Gasteiger partial charge is 0.324 e. The van der Waals surface area contributed by atoms with Gasteiger partial charge in [-0.25, -0.2) is 4.79 Å². The molecular weight excluding hydrogens is 242 g/mol. The van der Waals surface area contributed by atoms with Crippen molar-refractivity contribution in [3.05, 3.63) is 29.8 Å². The minimum Gasteiger partial charge on any atom is -0.370 e. The number of nitrogens with two attached hydrogens (primary N) is 1. The largest absolute Gasteiger partial charge is 0.370 e. The number of rotatable bonds is 4. The first-order valence-electron chi connectivity index (χ1n) is 6.49. The van der Waals surface area contributed by atoms with E-state index in [2.05, 4.69) is 0 Å². The molecule has 1 aromatic carbocycles. The summed E-state index contributed by atoms with van der Waals surface area (Å²) in [5.74, 6) is -0.375. The summed E-state index contributed by atoms with van der Waals surface area (Å²) in [7, 11) is 0. The molecule has 0 unspecified atom stereocenters. The summed E-state index contributed by atoms with van der Waals surface area (Å²) < 4.78 is 0. The lowest BCUT2D eigenvalue weighted by atomic mass is 10.2. The molecule has 0 atom stereocenters. The molecule has 0 radical (unpaired) electrons. The van der Waals surface area contributed by atoms with E-state index in [1.165, 1.54) is 0 Å². The van der Waals surface area contributed by atoms with Gasteiger partial charge in [0.25, 0.3) is 0 Å². The Kier molecular flexibility index (Phi) is 4.04. The number of urea groups is 1. The second kappa shape index (κ2) is 5.73. The van der Waals surface area contributed by atoms with Crippen LogP contribution < -0.4 is 10.6 Å². The molecule has 5 nitrogen and oxygen atoms in total. The van der Waals surface area contributed by atoms with E-state index in [1.807, 2.05) is 31.2 Å². The molecule has 1 aromatic rings. The summed E-state index contributed by atoms with van der Waals surface area (Å²) in [6, 6.07) is 7.83. The average molecular weight is 261 g/mol. The van der Waals surface area contributed by atoms with E-state index in [0.29, 0.717) is 13.1 Å². The monoisotopic (exact) mass is 261 g/mol. The van der Waals surface area contributed by atoms with Crippen molar-refractivity contribution in [2.24, 2.45) is 5.73 Å². The highest BCUT2D eigenvalue weighted by molar-refractivity contribution is 5.93. The number of hydrogen-bond donors (Lipinski definition) is 1. The first-order valence-corrected chi connectivity index (χ1v) is 6.49. The third-order valence-electron chi connectivity index (χ3n) is 3.25. The minimum absolute atomic E-state index is 0.0434. The van der Waals surface area contributed by atoms with E-state index in [1.54, 1.807) is 9.80 Å². The van der Waals surface area contributed by atoms with Crippen LogP contribution in [0, 0.1) is 6.92 Å². The Labute approximate surface area is 113 Å². The number of anilines is 1. The van der Waals surface area contributed by atoms with Gasteiger partial charge in [-0.2, -0.15) is 0 Å². The number of carbonyl (C=O) groups is 2. The van der Waals surface area contributed by atoms with Gasteiger partial charge < -0.3 is 10.6 Å². The molecule has 19 heavy (non-hydrogen) atoms. The van der Waals surface area contributed by atoms with E-state index >= 15 is 0 Å². The second-order valence-electron chi connectivity index (χ2n) is 4.83. The van der Waals surface area contributed by atoms with E-state index in [4.69, 9.17) is 5.73 Å². The van der Waals surface area contributed by atoms with Crippen LogP contribution in [0.2, 0.25) is 0 Å². The zero-order valence-electron chi connectivity index (χ0n) is 11.1. The molecule has 3 amide bonds. The molecule has 0 aromatic heterocycles. The third-order valence-corrected chi connectivity index (χ3v) is 3.25. The van der Waals surface area contributed by atoms with Crippen molar-refractivity contribution < 1.29 is 9.59 Å². The van der Waals surface area contributed by atoms with Crippen LogP contribution in [0.4, 0.5) is 10.5 Å². The predicted octanol–water partition coefficient (Wildman–Crippen LogP) is 1.50. The molecule has 2 rings (SSSR count). The normalized spacial score (nSPS) is 15.7. The van der Waals surface area contributed by atoms with Crippen molar-refractivity contribution >= 4 is 17.6 Å². The summed E-state index contributed by atoms with van der Waals surface area (Å²) in [5.41, 5.74) is 7.17. The van der Waals surface area contributed by atoms with Gasteiger partial charge in [0, 0.05) is 31.7 Å². The van der Waals surface area contributed by atoms with Crippen molar-refractivity contribution in [1.29, 1.82) is 0 Å². The Bertz CT molecular complexity index is 487. The van der Waals surface area contributed by atoms with Crippen LogP contribution in [0.1, 0.15) is 18.4 Å². The van der Waals surface area contributed by atoms with E-state index in [-0.39, 0.29) is 18.4 Å². The van der Waals surface area contributed by atoms with Gasteiger partial charge >= 0.3 is 6.03 Å². The van der Waals surface area contributed by atoms with Gasteiger partial charge in [0.05, 0.1) is 0 Å². The van der Waals surface area contributed by atoms with E-state index in [0.717, 1.165) is 24.2 Å². The van der Waals surface area contributed by atoms with Crippen molar-refractivity contribution in [2.75, 3.05) is 24.5 Å². The quantitative estimate of drug-likeness (QED) is 0.892. The zero-order chi connectivity index (χ0) is 13.8. The number of carbonyl (C=O) groups excluding carboxylic acids is 2. The molecule has 102 valence electrons. The van der Waals surface area contributed by atoms with Crippen molar-refractivity contribution in [3.8, 4) is 0 Å². The highest BCUT2D eigenvalue weighted by atomic mass is 16.2. The Morgan fingerprint density at radius 2 is 2.16 bits per heavy atom. The van der Waals surface area contributed by atoms with Crippen molar-refractivity contribution in [3.63, 3.8) is 0 Å². The van der Waals surface area contributed by atoms with Crippen LogP contribution >= 0.6 is 0 Å². The molecule has 0 bridgehead atoms. The molecule has 1 aliphatic rings. The van der Waals surface area contributed by atoms with Gasteiger partial charge in [-0.1, -0.05) is 12.1 Å². The van der Waals surface area contributed by atoms with Crippen molar-refractivity contribution in [2.45, 2.75) is 19.8 Å². The van der Waals surface area contributed by atoms with Gasteiger partial charge in [-0.15, -0.1) is 0 Å². The molecular formula is C14H19N3O2. The Hall–Kier alpha value is -2.04. The standard InChI is InChI=1S/C14H19N3O2/c1-11-4-2-5-12(10-11)17-8-3-7-16(14(17)19)9-6-13(15)18/h2,4-5,10H,3,6-9H2,1H3,(H2,15,18).